The molecule has 8 nitrogen and oxygen atoms in total. The summed E-state index contributed by atoms with van der Waals surface area (Å²) >= 11 is 0. The van der Waals surface area contributed by atoms with E-state index in [1.807, 2.05) is 11.1 Å². The van der Waals surface area contributed by atoms with Gasteiger partial charge in [0, 0.05) is 62.1 Å². The topological polar surface area (TPSA) is 99.7 Å². The Morgan fingerprint density at radius 1 is 1.14 bits per heavy atom. The number of nitrogens with one attached hydrogen (secondary N) is 2. The summed E-state index contributed by atoms with van der Waals surface area (Å²) in [5.41, 5.74) is 0.959. The maximum atomic E-state index is 13.2. The smallest absolute Gasteiger partial charge is 0.228 e. The molecule has 3 heterocycles. The number of H-pyrrole nitrogens is 1. The van der Waals surface area contributed by atoms with Crippen LogP contribution in [-0.2, 0) is 14.3 Å². The molecule has 0 radical (unpaired) electrons. The Morgan fingerprint density at radius 2 is 1.86 bits per heavy atom. The van der Waals surface area contributed by atoms with Crippen molar-refractivity contribution in [3.63, 3.8) is 0 Å². The zero-order valence-corrected chi connectivity index (χ0v) is 16.9. The van der Waals surface area contributed by atoms with Gasteiger partial charge < -0.3 is 29.8 Å². The van der Waals surface area contributed by atoms with E-state index in [1.165, 1.54) is 12.8 Å². The van der Waals surface area contributed by atoms with Crippen molar-refractivity contribution < 1.29 is 19.4 Å². The first kappa shape index (κ1) is 19.5. The number of aromatic nitrogens is 2. The van der Waals surface area contributed by atoms with Gasteiger partial charge in [-0.25, -0.2) is 4.98 Å². The lowest BCUT2D eigenvalue weighted by Crippen LogP contribution is -2.45. The summed E-state index contributed by atoms with van der Waals surface area (Å²) in [4.78, 5) is 23.1. The van der Waals surface area contributed by atoms with Crippen molar-refractivity contribution in [2.75, 3.05) is 39.5 Å². The summed E-state index contributed by atoms with van der Waals surface area (Å²) in [7, 11) is 0. The van der Waals surface area contributed by atoms with Crippen molar-refractivity contribution in [2.45, 2.75) is 62.1 Å². The SMILES string of the molecule is O=C([C@H]1C[C@@H](NC2CCOCC2)[C@H](c2cnc(C3CC3)[nH]2)[C@@H]1O)N1CCOCC1. The second-order valence-corrected chi connectivity index (χ2v) is 8.95. The Labute approximate surface area is 171 Å². The van der Waals surface area contributed by atoms with Gasteiger partial charge in [-0.05, 0) is 32.1 Å². The lowest BCUT2D eigenvalue weighted by molar-refractivity contribution is -0.142. The fourth-order valence-corrected chi connectivity index (χ4v) is 5.14. The normalized spacial score (nSPS) is 33.9. The van der Waals surface area contributed by atoms with Crippen molar-refractivity contribution in [1.82, 2.24) is 20.2 Å². The van der Waals surface area contributed by atoms with Crippen LogP contribution in [0.1, 0.15) is 55.5 Å². The summed E-state index contributed by atoms with van der Waals surface area (Å²) in [5.74, 6) is 1.09. The maximum Gasteiger partial charge on any atom is 0.228 e. The lowest BCUT2D eigenvalue weighted by atomic mass is 9.95. The minimum absolute atomic E-state index is 0.0515. The predicted molar refractivity (Wildman–Crippen MR) is 106 cm³/mol. The molecule has 29 heavy (non-hydrogen) atoms. The predicted octanol–water partition coefficient (Wildman–Crippen LogP) is 0.748. The molecule has 5 rings (SSSR count). The molecule has 4 aliphatic rings. The zero-order valence-electron chi connectivity index (χ0n) is 16.9. The van der Waals surface area contributed by atoms with Gasteiger partial charge in [0.05, 0.1) is 25.2 Å². The minimum atomic E-state index is -0.713. The van der Waals surface area contributed by atoms with Gasteiger partial charge in [0.15, 0.2) is 0 Å². The Hall–Kier alpha value is -1.48. The minimum Gasteiger partial charge on any atom is -0.392 e. The van der Waals surface area contributed by atoms with E-state index in [1.54, 1.807) is 0 Å². The molecule has 1 aromatic heterocycles. The first-order valence-electron chi connectivity index (χ1n) is 11.1. The first-order chi connectivity index (χ1) is 14.2. The maximum absolute atomic E-state index is 13.2. The monoisotopic (exact) mass is 404 g/mol. The highest BCUT2D eigenvalue weighted by atomic mass is 16.5. The quantitative estimate of drug-likeness (QED) is 0.670. The van der Waals surface area contributed by atoms with Gasteiger partial charge in [0.1, 0.15) is 5.82 Å². The van der Waals surface area contributed by atoms with Crippen LogP contribution in [0.2, 0.25) is 0 Å². The zero-order chi connectivity index (χ0) is 19.8. The molecule has 0 spiro atoms. The highest BCUT2D eigenvalue weighted by Crippen LogP contribution is 2.42. The number of carbonyl (C=O) groups excluding carboxylic acids is 1. The van der Waals surface area contributed by atoms with Crippen LogP contribution in [0.25, 0.3) is 0 Å². The number of hydrogen-bond donors (Lipinski definition) is 3. The summed E-state index contributed by atoms with van der Waals surface area (Å²) in [6, 6.07) is 0.419. The number of hydrogen-bond acceptors (Lipinski definition) is 6. The molecule has 0 aromatic carbocycles. The van der Waals surface area contributed by atoms with E-state index in [0.717, 1.165) is 37.6 Å². The molecule has 2 aliphatic carbocycles. The van der Waals surface area contributed by atoms with Crippen LogP contribution in [0.3, 0.4) is 0 Å². The summed E-state index contributed by atoms with van der Waals surface area (Å²) in [5, 5.41) is 15.0. The molecule has 2 saturated heterocycles. The molecule has 160 valence electrons. The van der Waals surface area contributed by atoms with Crippen LogP contribution < -0.4 is 5.32 Å². The van der Waals surface area contributed by atoms with Crippen LogP contribution >= 0.6 is 0 Å². The third-order valence-corrected chi connectivity index (χ3v) is 6.97. The third kappa shape index (κ3) is 4.08. The molecule has 0 unspecified atom stereocenters. The largest absolute Gasteiger partial charge is 0.392 e. The number of rotatable bonds is 5. The van der Waals surface area contributed by atoms with Crippen molar-refractivity contribution in [3.8, 4) is 0 Å². The third-order valence-electron chi connectivity index (χ3n) is 6.97. The molecular weight excluding hydrogens is 372 g/mol. The second-order valence-electron chi connectivity index (χ2n) is 8.95. The number of aromatic amines is 1. The standard InChI is InChI=1S/C21H32N4O4/c26-19-15(21(27)25-5-9-29-10-6-25)11-16(23-14-3-7-28-8-4-14)18(19)17-12-22-20(24-17)13-1-2-13/h12-16,18-19,23,26H,1-11H2,(H,22,24)/t15-,16+,18+,19+/m0/s1. The van der Waals surface area contributed by atoms with Crippen molar-refractivity contribution in [2.24, 2.45) is 5.92 Å². The van der Waals surface area contributed by atoms with Crippen LogP contribution in [0.15, 0.2) is 6.20 Å². The van der Waals surface area contributed by atoms with Gasteiger partial charge in [0.2, 0.25) is 5.91 Å². The lowest BCUT2D eigenvalue weighted by Gasteiger charge is -2.30. The van der Waals surface area contributed by atoms with Gasteiger partial charge in [-0.1, -0.05) is 0 Å². The van der Waals surface area contributed by atoms with E-state index < -0.39 is 6.10 Å². The summed E-state index contributed by atoms with van der Waals surface area (Å²) in [6.07, 6.45) is 6.12. The number of ether oxygens (including phenoxy) is 2. The number of imidazole rings is 1. The first-order valence-corrected chi connectivity index (χ1v) is 11.1. The molecule has 1 amide bonds. The van der Waals surface area contributed by atoms with Gasteiger partial charge in [-0.3, -0.25) is 4.79 Å². The Balaban J connectivity index is 1.36. The van der Waals surface area contributed by atoms with E-state index in [0.29, 0.717) is 44.7 Å². The van der Waals surface area contributed by atoms with Crippen LogP contribution in [0.4, 0.5) is 0 Å². The number of aliphatic hydroxyl groups is 1. The number of aliphatic hydroxyl groups excluding tert-OH is 1. The van der Waals surface area contributed by atoms with Crippen molar-refractivity contribution in [3.05, 3.63) is 17.7 Å². The van der Waals surface area contributed by atoms with Crippen LogP contribution in [0, 0.1) is 5.92 Å². The Bertz CT molecular complexity index is 709. The van der Waals surface area contributed by atoms with Gasteiger partial charge in [-0.2, -0.15) is 0 Å². The van der Waals surface area contributed by atoms with Gasteiger partial charge >= 0.3 is 0 Å². The molecule has 3 N–H and O–H groups in total. The molecule has 2 aliphatic heterocycles. The number of morpholine rings is 1. The van der Waals surface area contributed by atoms with E-state index in [2.05, 4.69) is 15.3 Å². The molecule has 4 atom stereocenters. The van der Waals surface area contributed by atoms with Crippen LogP contribution in [-0.4, -0.2) is 83.6 Å². The molecular formula is C21H32N4O4. The van der Waals surface area contributed by atoms with Crippen LogP contribution in [0.5, 0.6) is 0 Å². The van der Waals surface area contributed by atoms with Gasteiger partial charge in [-0.15, -0.1) is 0 Å². The molecule has 2 saturated carbocycles. The fraction of sp³-hybridized carbons (Fsp3) is 0.810. The summed E-state index contributed by atoms with van der Waals surface area (Å²) in [6.45, 7) is 3.91. The Morgan fingerprint density at radius 3 is 2.59 bits per heavy atom. The number of nitrogens with zero attached hydrogens (tertiary/aromatic N) is 2. The molecule has 8 heteroatoms. The fourth-order valence-electron chi connectivity index (χ4n) is 5.14. The highest BCUT2D eigenvalue weighted by molar-refractivity contribution is 5.80. The highest BCUT2D eigenvalue weighted by Gasteiger charge is 2.49. The number of carbonyl (C=O) groups is 1. The van der Waals surface area contributed by atoms with E-state index in [4.69, 9.17) is 9.47 Å². The Kier molecular flexibility index (Phi) is 5.60. The molecule has 4 fully saturated rings. The molecule has 0 bridgehead atoms. The van der Waals surface area contributed by atoms with Crippen molar-refractivity contribution in [1.29, 1.82) is 0 Å². The van der Waals surface area contributed by atoms with Crippen molar-refractivity contribution >= 4 is 5.91 Å². The van der Waals surface area contributed by atoms with Gasteiger partial charge in [0.25, 0.3) is 0 Å². The average Bonchev–Trinajstić information content (AvgIpc) is 3.41. The molecule has 1 aromatic rings. The average molecular weight is 405 g/mol. The van der Waals surface area contributed by atoms with E-state index in [9.17, 15) is 9.90 Å². The second kappa shape index (κ2) is 8.34. The number of amides is 1. The van der Waals surface area contributed by atoms with E-state index in [-0.39, 0.29) is 23.8 Å². The van der Waals surface area contributed by atoms with E-state index >= 15 is 0 Å². The summed E-state index contributed by atoms with van der Waals surface area (Å²) < 4.78 is 10.9.